The normalized spacial score (nSPS) is 9.87. The summed E-state index contributed by atoms with van der Waals surface area (Å²) >= 11 is 0. The average molecular weight is 205 g/mol. The Morgan fingerprint density at radius 2 is 2.20 bits per heavy atom. The molecular formula is C9H7N3O3. The SMILES string of the molecule is O=C(O)Nc1ccccc1-c1ncon1. The Morgan fingerprint density at radius 1 is 1.40 bits per heavy atom. The Kier molecular flexibility index (Phi) is 2.32. The van der Waals surface area contributed by atoms with Crippen LogP contribution in [0, 0.1) is 0 Å². The highest BCUT2D eigenvalue weighted by atomic mass is 16.5. The summed E-state index contributed by atoms with van der Waals surface area (Å²) in [6.07, 6.45) is 0.0540. The highest BCUT2D eigenvalue weighted by molar-refractivity contribution is 5.88. The Bertz CT molecular complexity index is 467. The van der Waals surface area contributed by atoms with Crippen molar-refractivity contribution < 1.29 is 14.4 Å². The summed E-state index contributed by atoms with van der Waals surface area (Å²) in [7, 11) is 0. The molecule has 2 rings (SSSR count). The van der Waals surface area contributed by atoms with Crippen LogP contribution in [0.2, 0.25) is 0 Å². The van der Waals surface area contributed by atoms with E-state index in [1.54, 1.807) is 24.3 Å². The van der Waals surface area contributed by atoms with Gasteiger partial charge in [0.1, 0.15) is 0 Å². The second kappa shape index (κ2) is 3.79. The van der Waals surface area contributed by atoms with Crippen LogP contribution in [0.15, 0.2) is 35.2 Å². The van der Waals surface area contributed by atoms with Gasteiger partial charge in [0, 0.05) is 5.56 Å². The molecule has 15 heavy (non-hydrogen) atoms. The Morgan fingerprint density at radius 3 is 2.87 bits per heavy atom. The standard InChI is InChI=1S/C9H7N3O3/c13-9(14)11-7-4-2-1-3-6(7)8-10-5-15-12-8/h1-5,11H,(H,13,14). The third-order valence-electron chi connectivity index (χ3n) is 1.77. The van der Waals surface area contributed by atoms with Gasteiger partial charge in [-0.1, -0.05) is 17.3 Å². The molecule has 1 aromatic heterocycles. The maximum Gasteiger partial charge on any atom is 0.409 e. The molecule has 0 spiro atoms. The summed E-state index contributed by atoms with van der Waals surface area (Å²) in [5, 5.41) is 14.5. The van der Waals surface area contributed by atoms with Crippen molar-refractivity contribution in [2.75, 3.05) is 5.32 Å². The highest BCUT2D eigenvalue weighted by Gasteiger charge is 2.09. The van der Waals surface area contributed by atoms with Crippen molar-refractivity contribution in [1.82, 2.24) is 10.1 Å². The van der Waals surface area contributed by atoms with Crippen molar-refractivity contribution in [3.8, 4) is 11.4 Å². The van der Waals surface area contributed by atoms with Crippen LogP contribution in [-0.4, -0.2) is 21.3 Å². The zero-order valence-electron chi connectivity index (χ0n) is 7.54. The molecule has 0 unspecified atom stereocenters. The van der Waals surface area contributed by atoms with Gasteiger partial charge >= 0.3 is 6.09 Å². The molecule has 0 aliphatic carbocycles. The van der Waals surface area contributed by atoms with Crippen molar-refractivity contribution >= 4 is 11.8 Å². The molecule has 76 valence electrons. The second-order valence-corrected chi connectivity index (χ2v) is 2.73. The van der Waals surface area contributed by atoms with Crippen LogP contribution in [0.5, 0.6) is 0 Å². The van der Waals surface area contributed by atoms with Gasteiger partial charge in [-0.05, 0) is 12.1 Å². The molecule has 0 saturated heterocycles. The van der Waals surface area contributed by atoms with Crippen molar-refractivity contribution in [3.63, 3.8) is 0 Å². The predicted molar refractivity (Wildman–Crippen MR) is 51.4 cm³/mol. The number of anilines is 1. The minimum atomic E-state index is -1.13. The number of carbonyl (C=O) groups is 1. The lowest BCUT2D eigenvalue weighted by atomic mass is 10.1. The third kappa shape index (κ3) is 1.93. The van der Waals surface area contributed by atoms with Crippen molar-refractivity contribution in [2.45, 2.75) is 0 Å². The summed E-state index contributed by atoms with van der Waals surface area (Å²) in [5.74, 6) is 0.347. The lowest BCUT2D eigenvalue weighted by Gasteiger charge is -2.04. The monoisotopic (exact) mass is 205 g/mol. The zero-order valence-corrected chi connectivity index (χ0v) is 7.54. The molecule has 0 fully saturated rings. The van der Waals surface area contributed by atoms with Crippen LogP contribution in [-0.2, 0) is 0 Å². The van der Waals surface area contributed by atoms with Crippen molar-refractivity contribution in [1.29, 1.82) is 0 Å². The molecule has 2 aromatic rings. The minimum Gasteiger partial charge on any atom is -0.465 e. The number of nitrogens with one attached hydrogen (secondary N) is 1. The molecule has 2 N–H and O–H groups in total. The molecule has 0 saturated carbocycles. The largest absolute Gasteiger partial charge is 0.465 e. The molecular weight excluding hydrogens is 198 g/mol. The summed E-state index contributed by atoms with van der Waals surface area (Å²) in [4.78, 5) is 14.4. The van der Waals surface area contributed by atoms with E-state index in [0.29, 0.717) is 17.1 Å². The number of nitrogens with zero attached hydrogens (tertiary/aromatic N) is 2. The highest BCUT2D eigenvalue weighted by Crippen LogP contribution is 2.24. The number of hydrogen-bond donors (Lipinski definition) is 2. The average Bonchev–Trinajstić information content (AvgIpc) is 2.70. The van der Waals surface area contributed by atoms with Gasteiger partial charge in [-0.15, -0.1) is 0 Å². The van der Waals surface area contributed by atoms with E-state index in [2.05, 4.69) is 20.0 Å². The summed E-state index contributed by atoms with van der Waals surface area (Å²) in [6.45, 7) is 0. The van der Waals surface area contributed by atoms with Gasteiger partial charge in [0.2, 0.25) is 12.2 Å². The Hall–Kier alpha value is -2.37. The van der Waals surface area contributed by atoms with E-state index in [1.807, 2.05) is 0 Å². The molecule has 0 bridgehead atoms. The quantitative estimate of drug-likeness (QED) is 0.780. The summed E-state index contributed by atoms with van der Waals surface area (Å²) in [6, 6.07) is 6.81. The first-order valence-corrected chi connectivity index (χ1v) is 4.13. The van der Waals surface area contributed by atoms with Crippen LogP contribution in [0.4, 0.5) is 10.5 Å². The van der Waals surface area contributed by atoms with Crippen LogP contribution >= 0.6 is 0 Å². The molecule has 1 amide bonds. The maximum absolute atomic E-state index is 10.5. The van der Waals surface area contributed by atoms with Gasteiger partial charge in [0.25, 0.3) is 0 Å². The number of benzene rings is 1. The van der Waals surface area contributed by atoms with E-state index < -0.39 is 6.09 Å². The smallest absolute Gasteiger partial charge is 0.409 e. The number of amides is 1. The summed E-state index contributed by atoms with van der Waals surface area (Å²) < 4.78 is 4.59. The van der Waals surface area contributed by atoms with Crippen LogP contribution < -0.4 is 5.32 Å². The fourth-order valence-electron chi connectivity index (χ4n) is 1.19. The number of hydrogen-bond acceptors (Lipinski definition) is 4. The number of aromatic nitrogens is 2. The predicted octanol–water partition coefficient (Wildman–Crippen LogP) is 1.83. The fourth-order valence-corrected chi connectivity index (χ4v) is 1.19. The van der Waals surface area contributed by atoms with E-state index in [-0.39, 0.29) is 0 Å². The lowest BCUT2D eigenvalue weighted by molar-refractivity contribution is 0.210. The van der Waals surface area contributed by atoms with E-state index >= 15 is 0 Å². The molecule has 0 aliphatic rings. The minimum absolute atomic E-state index is 0.347. The number of rotatable bonds is 2. The maximum atomic E-state index is 10.5. The van der Waals surface area contributed by atoms with Gasteiger partial charge in [-0.25, -0.2) is 4.79 Å². The number of para-hydroxylation sites is 1. The van der Waals surface area contributed by atoms with Crippen LogP contribution in [0.1, 0.15) is 0 Å². The van der Waals surface area contributed by atoms with Gasteiger partial charge in [0.05, 0.1) is 5.69 Å². The fraction of sp³-hybridized carbons (Fsp3) is 0. The molecule has 0 atom stereocenters. The molecule has 1 heterocycles. The zero-order chi connectivity index (χ0) is 10.7. The van der Waals surface area contributed by atoms with E-state index in [1.165, 1.54) is 6.39 Å². The first-order chi connectivity index (χ1) is 7.27. The van der Waals surface area contributed by atoms with E-state index in [9.17, 15) is 4.79 Å². The number of carboxylic acid groups (broad SMARTS) is 1. The van der Waals surface area contributed by atoms with Gasteiger partial charge in [0.15, 0.2) is 0 Å². The van der Waals surface area contributed by atoms with Crippen LogP contribution in [0.25, 0.3) is 11.4 Å². The van der Waals surface area contributed by atoms with E-state index in [4.69, 9.17) is 5.11 Å². The Balaban J connectivity index is 2.42. The molecule has 6 nitrogen and oxygen atoms in total. The first kappa shape index (κ1) is 9.20. The van der Waals surface area contributed by atoms with Crippen molar-refractivity contribution in [3.05, 3.63) is 30.7 Å². The molecule has 0 aliphatic heterocycles. The summed E-state index contributed by atoms with van der Waals surface area (Å²) in [5.41, 5.74) is 1.00. The topological polar surface area (TPSA) is 88.2 Å². The van der Waals surface area contributed by atoms with Crippen molar-refractivity contribution in [2.24, 2.45) is 0 Å². The second-order valence-electron chi connectivity index (χ2n) is 2.73. The van der Waals surface area contributed by atoms with Gasteiger partial charge < -0.3 is 9.63 Å². The van der Waals surface area contributed by atoms with E-state index in [0.717, 1.165) is 0 Å². The van der Waals surface area contributed by atoms with Crippen LogP contribution in [0.3, 0.4) is 0 Å². The first-order valence-electron chi connectivity index (χ1n) is 4.13. The molecule has 1 aromatic carbocycles. The molecule has 6 heteroatoms. The Labute approximate surface area is 84.5 Å². The lowest BCUT2D eigenvalue weighted by Crippen LogP contribution is -2.08. The third-order valence-corrected chi connectivity index (χ3v) is 1.77. The van der Waals surface area contributed by atoms with Gasteiger partial charge in [-0.3, -0.25) is 5.32 Å². The van der Waals surface area contributed by atoms with Gasteiger partial charge in [-0.2, -0.15) is 4.98 Å². The molecule has 0 radical (unpaired) electrons.